The molecule has 3 amide bonds. The largest absolute Gasteiger partial charge is 0.452 e. The molecule has 11 heteroatoms. The van der Waals surface area contributed by atoms with Gasteiger partial charge in [-0.25, -0.2) is 4.79 Å². The maximum Gasteiger partial charge on any atom is 0.405 e. The molecule has 0 saturated carbocycles. The summed E-state index contributed by atoms with van der Waals surface area (Å²) in [7, 11) is 0. The van der Waals surface area contributed by atoms with Crippen LogP contribution in [0.1, 0.15) is 30.1 Å². The molecule has 2 heterocycles. The number of nitrogens with one attached hydrogen (secondary N) is 1. The van der Waals surface area contributed by atoms with Gasteiger partial charge in [0.25, 0.3) is 11.8 Å². The molecule has 8 nitrogen and oxygen atoms in total. The van der Waals surface area contributed by atoms with Crippen LogP contribution in [0.15, 0.2) is 24.3 Å². The number of ether oxygens (including phenoxy) is 1. The highest BCUT2D eigenvalue weighted by Gasteiger charge is 2.61. The molecular formula is C18H18F3N3O5. The molecule has 0 unspecified atom stereocenters. The van der Waals surface area contributed by atoms with E-state index in [2.05, 4.69) is 0 Å². The summed E-state index contributed by atoms with van der Waals surface area (Å²) in [5.74, 6) is -3.07. The molecule has 0 radical (unpaired) electrons. The fourth-order valence-electron chi connectivity index (χ4n) is 3.67. The summed E-state index contributed by atoms with van der Waals surface area (Å²) in [6.07, 6.45) is -4.69. The van der Waals surface area contributed by atoms with Crippen molar-refractivity contribution in [3.8, 4) is 0 Å². The topological polar surface area (TPSA) is 96.0 Å². The maximum atomic E-state index is 13.0. The third kappa shape index (κ3) is 3.52. The van der Waals surface area contributed by atoms with Gasteiger partial charge >= 0.3 is 12.1 Å². The molecule has 1 fully saturated rings. The molecule has 0 bridgehead atoms. The van der Waals surface area contributed by atoms with E-state index >= 15 is 0 Å². The lowest BCUT2D eigenvalue weighted by Gasteiger charge is -2.47. The Hall–Kier alpha value is -3.11. The molecule has 1 saturated heterocycles. The number of alkyl halides is 3. The highest BCUT2D eigenvalue weighted by molar-refractivity contribution is 6.15. The number of likely N-dealkylation sites (N-methyl/N-ethyl adjacent to an activating group) is 1. The van der Waals surface area contributed by atoms with Crippen LogP contribution < -0.4 is 10.2 Å². The second-order valence-corrected chi connectivity index (χ2v) is 6.58. The van der Waals surface area contributed by atoms with Crippen LogP contribution >= 0.6 is 0 Å². The quantitative estimate of drug-likeness (QED) is 0.732. The van der Waals surface area contributed by atoms with E-state index in [1.807, 2.05) is 0 Å². The number of esters is 1. The summed E-state index contributed by atoms with van der Waals surface area (Å²) in [6, 6.07) is 6.30. The summed E-state index contributed by atoms with van der Waals surface area (Å²) in [6.45, 7) is -0.831. The first kappa shape index (κ1) is 20.6. The Kier molecular flexibility index (Phi) is 5.24. The number of halogens is 3. The van der Waals surface area contributed by atoms with Gasteiger partial charge in [-0.1, -0.05) is 12.1 Å². The number of fused-ring (bicyclic) bond motifs is 3. The van der Waals surface area contributed by atoms with Gasteiger partial charge in [-0.3, -0.25) is 19.3 Å². The van der Waals surface area contributed by atoms with Crippen molar-refractivity contribution in [3.05, 3.63) is 29.8 Å². The van der Waals surface area contributed by atoms with E-state index in [9.17, 15) is 32.3 Å². The van der Waals surface area contributed by atoms with E-state index in [-0.39, 0.29) is 30.6 Å². The van der Waals surface area contributed by atoms with Crippen LogP contribution in [0.2, 0.25) is 0 Å². The second kappa shape index (κ2) is 7.37. The molecule has 2 aliphatic rings. The molecule has 3 rings (SSSR count). The molecule has 1 aromatic carbocycles. The summed E-state index contributed by atoms with van der Waals surface area (Å²) in [5.41, 5.74) is -1.28. The third-order valence-electron chi connectivity index (χ3n) is 4.84. The van der Waals surface area contributed by atoms with E-state index < -0.39 is 48.7 Å². The third-order valence-corrected chi connectivity index (χ3v) is 4.84. The molecule has 29 heavy (non-hydrogen) atoms. The van der Waals surface area contributed by atoms with Gasteiger partial charge in [-0.15, -0.1) is 0 Å². The highest BCUT2D eigenvalue weighted by Crippen LogP contribution is 2.44. The van der Waals surface area contributed by atoms with Crippen LogP contribution in [0, 0.1) is 0 Å². The van der Waals surface area contributed by atoms with Crippen LogP contribution in [0.3, 0.4) is 0 Å². The highest BCUT2D eigenvalue weighted by atomic mass is 19.4. The van der Waals surface area contributed by atoms with Gasteiger partial charge in [0.2, 0.25) is 11.6 Å². The van der Waals surface area contributed by atoms with Gasteiger partial charge < -0.3 is 15.0 Å². The number of anilines is 1. The minimum Gasteiger partial charge on any atom is -0.452 e. The number of amides is 3. The van der Waals surface area contributed by atoms with Gasteiger partial charge in [0.15, 0.2) is 6.61 Å². The standard InChI is InChI=1S/C18H18F3N3O5/c1-2-23-15(27)11-5-3-4-6-12(11)24-14(26)7-8-17(23,24)16(28)29-9-13(25)22-10-18(19,20)21/h3-6H,2,7-10H2,1H3,(H,22,25)/t17-/m0/s1. The fourth-order valence-corrected chi connectivity index (χ4v) is 3.67. The predicted octanol–water partition coefficient (Wildman–Crippen LogP) is 1.21. The van der Waals surface area contributed by atoms with Crippen LogP contribution in [-0.4, -0.2) is 60.1 Å². The monoisotopic (exact) mass is 413 g/mol. The predicted molar refractivity (Wildman–Crippen MR) is 92.6 cm³/mol. The summed E-state index contributed by atoms with van der Waals surface area (Å²) in [4.78, 5) is 52.4. The Bertz CT molecular complexity index is 873. The maximum absolute atomic E-state index is 13.0. The van der Waals surface area contributed by atoms with Gasteiger partial charge in [0, 0.05) is 19.4 Å². The minimum absolute atomic E-state index is 0.0342. The smallest absolute Gasteiger partial charge is 0.405 e. The number of benzene rings is 1. The van der Waals surface area contributed by atoms with Crippen molar-refractivity contribution in [3.63, 3.8) is 0 Å². The van der Waals surface area contributed by atoms with E-state index in [4.69, 9.17) is 4.74 Å². The molecule has 0 aliphatic carbocycles. The molecule has 2 aliphatic heterocycles. The molecule has 1 aromatic rings. The van der Waals surface area contributed by atoms with Crippen molar-refractivity contribution < 1.29 is 37.1 Å². The second-order valence-electron chi connectivity index (χ2n) is 6.58. The summed E-state index contributed by atoms with van der Waals surface area (Å²) >= 11 is 0. The minimum atomic E-state index is -4.61. The van der Waals surface area contributed by atoms with Crippen LogP contribution in [-0.2, 0) is 19.1 Å². The van der Waals surface area contributed by atoms with Gasteiger partial charge in [-0.05, 0) is 19.1 Å². The fraction of sp³-hybridized carbons (Fsp3) is 0.444. The van der Waals surface area contributed by atoms with E-state index in [1.165, 1.54) is 21.9 Å². The lowest BCUT2D eigenvalue weighted by molar-refractivity contribution is -0.161. The Balaban J connectivity index is 1.87. The normalized spacial score (nSPS) is 21.0. The zero-order valence-corrected chi connectivity index (χ0v) is 15.4. The molecule has 156 valence electrons. The molecule has 0 aromatic heterocycles. The van der Waals surface area contributed by atoms with Crippen LogP contribution in [0.25, 0.3) is 0 Å². The summed E-state index contributed by atoms with van der Waals surface area (Å²) in [5, 5.41) is 1.59. The Morgan fingerprint density at radius 1 is 1.24 bits per heavy atom. The molecular weight excluding hydrogens is 395 g/mol. The van der Waals surface area contributed by atoms with E-state index in [0.717, 1.165) is 0 Å². The van der Waals surface area contributed by atoms with Crippen molar-refractivity contribution >= 4 is 29.4 Å². The SMILES string of the molecule is CCN1C(=O)c2ccccc2N2C(=O)CC[C@]12C(=O)OCC(=O)NCC(F)(F)F. The number of rotatable bonds is 5. The lowest BCUT2D eigenvalue weighted by Crippen LogP contribution is -2.68. The molecule has 1 atom stereocenters. The number of hydrogen-bond donors (Lipinski definition) is 1. The van der Waals surface area contributed by atoms with Gasteiger partial charge in [0.05, 0.1) is 11.3 Å². The van der Waals surface area contributed by atoms with Crippen LogP contribution in [0.4, 0.5) is 18.9 Å². The van der Waals surface area contributed by atoms with Crippen molar-refractivity contribution in [2.24, 2.45) is 0 Å². The van der Waals surface area contributed by atoms with Crippen molar-refractivity contribution in [1.29, 1.82) is 0 Å². The van der Waals surface area contributed by atoms with Gasteiger partial charge in [0.1, 0.15) is 6.54 Å². The van der Waals surface area contributed by atoms with Gasteiger partial charge in [-0.2, -0.15) is 13.2 Å². The summed E-state index contributed by atoms with van der Waals surface area (Å²) < 4.78 is 41.5. The zero-order chi connectivity index (χ0) is 21.4. The first-order valence-corrected chi connectivity index (χ1v) is 8.86. The van der Waals surface area contributed by atoms with Crippen molar-refractivity contribution in [1.82, 2.24) is 10.2 Å². The number of carbonyl (C=O) groups is 4. The number of nitrogens with zero attached hydrogens (tertiary/aromatic N) is 2. The lowest BCUT2D eigenvalue weighted by atomic mass is 9.96. The van der Waals surface area contributed by atoms with Crippen molar-refractivity contribution in [2.45, 2.75) is 31.6 Å². The molecule has 1 N–H and O–H groups in total. The Morgan fingerprint density at radius 3 is 2.59 bits per heavy atom. The van der Waals surface area contributed by atoms with E-state index in [1.54, 1.807) is 24.4 Å². The molecule has 0 spiro atoms. The Morgan fingerprint density at radius 2 is 1.93 bits per heavy atom. The van der Waals surface area contributed by atoms with E-state index in [0.29, 0.717) is 0 Å². The number of carbonyl (C=O) groups excluding carboxylic acids is 4. The average molecular weight is 413 g/mol. The first-order chi connectivity index (χ1) is 13.6. The van der Waals surface area contributed by atoms with Crippen LogP contribution in [0.5, 0.6) is 0 Å². The van der Waals surface area contributed by atoms with Crippen molar-refractivity contribution in [2.75, 3.05) is 24.6 Å². The Labute approximate surface area is 163 Å². The average Bonchev–Trinajstić information content (AvgIpc) is 3.02. The number of hydrogen-bond acceptors (Lipinski definition) is 5. The zero-order valence-electron chi connectivity index (χ0n) is 15.4. The number of para-hydroxylation sites is 1. The first-order valence-electron chi connectivity index (χ1n) is 8.86.